The molecule has 2 aromatic heterocycles. The summed E-state index contributed by atoms with van der Waals surface area (Å²) in [5.74, 6) is 2.05. The van der Waals surface area contributed by atoms with Gasteiger partial charge in [-0.3, -0.25) is 0 Å². The Balaban J connectivity index is 1.61. The summed E-state index contributed by atoms with van der Waals surface area (Å²) in [6, 6.07) is 15.3. The smallest absolute Gasteiger partial charge is 0.165 e. The van der Waals surface area contributed by atoms with Crippen molar-refractivity contribution in [3.05, 3.63) is 53.9 Å². The molecule has 2 aromatic carbocycles. The first-order chi connectivity index (χ1) is 13.7. The Bertz CT molecular complexity index is 1070. The molecule has 0 saturated heterocycles. The molecule has 0 atom stereocenters. The van der Waals surface area contributed by atoms with Crippen LogP contribution in [0.3, 0.4) is 0 Å². The summed E-state index contributed by atoms with van der Waals surface area (Å²) in [5, 5.41) is 11.1. The Kier molecular flexibility index (Phi) is 4.94. The molecule has 0 radical (unpaired) electrons. The molecule has 0 aliphatic heterocycles. The molecule has 0 aliphatic rings. The topological polar surface area (TPSA) is 88.1 Å². The molecule has 142 valence electrons. The number of ether oxygens (including phenoxy) is 2. The zero-order valence-electron chi connectivity index (χ0n) is 15.5. The molecule has 4 rings (SSSR count). The van der Waals surface area contributed by atoms with E-state index in [-0.39, 0.29) is 0 Å². The zero-order chi connectivity index (χ0) is 19.5. The molecule has 2 heterocycles. The van der Waals surface area contributed by atoms with Crippen LogP contribution in [-0.4, -0.2) is 33.7 Å². The van der Waals surface area contributed by atoms with Crippen LogP contribution in [0.5, 0.6) is 11.5 Å². The Labute approximate surface area is 166 Å². The number of methoxy groups -OCH3 is 1. The number of nitrogens with zero attached hydrogens (tertiary/aromatic N) is 4. The maximum absolute atomic E-state index is 6.31. The van der Waals surface area contributed by atoms with E-state index in [0.717, 1.165) is 33.5 Å². The molecule has 0 unspecified atom stereocenters. The summed E-state index contributed by atoms with van der Waals surface area (Å²) >= 11 is 1.48. The fraction of sp³-hybridized carbons (Fsp3) is 0.150. The van der Waals surface area contributed by atoms with E-state index in [1.165, 1.54) is 11.3 Å². The largest absolute Gasteiger partial charge is 0.497 e. The maximum Gasteiger partial charge on any atom is 0.165 e. The molecule has 0 fully saturated rings. The standard InChI is InChI=1S/C20H19N5O2S/c1-3-27-16-10-6-14(7-11-16)25-19(21)18(23-24-25)20-22-17(12-28-20)13-4-8-15(26-2)9-5-13/h4-12H,3,21H2,1-2H3. The number of rotatable bonds is 6. The van der Waals surface area contributed by atoms with Gasteiger partial charge in [0.05, 0.1) is 25.1 Å². The minimum atomic E-state index is 0.444. The van der Waals surface area contributed by atoms with Crippen LogP contribution in [-0.2, 0) is 0 Å². The van der Waals surface area contributed by atoms with Crippen LogP contribution in [0.15, 0.2) is 53.9 Å². The summed E-state index contributed by atoms with van der Waals surface area (Å²) in [7, 11) is 1.65. The lowest BCUT2D eigenvalue weighted by atomic mass is 10.2. The van der Waals surface area contributed by atoms with Gasteiger partial charge in [-0.2, -0.15) is 4.68 Å². The molecular weight excluding hydrogens is 374 g/mol. The molecule has 8 heteroatoms. The quantitative estimate of drug-likeness (QED) is 0.532. The molecule has 0 bridgehead atoms. The van der Waals surface area contributed by atoms with Crippen molar-refractivity contribution in [1.29, 1.82) is 0 Å². The summed E-state index contributed by atoms with van der Waals surface area (Å²) in [4.78, 5) is 4.67. The van der Waals surface area contributed by atoms with E-state index < -0.39 is 0 Å². The van der Waals surface area contributed by atoms with Crippen LogP contribution >= 0.6 is 11.3 Å². The molecule has 2 N–H and O–H groups in total. The highest BCUT2D eigenvalue weighted by molar-refractivity contribution is 7.13. The van der Waals surface area contributed by atoms with Crippen molar-refractivity contribution in [1.82, 2.24) is 20.0 Å². The number of nitrogens with two attached hydrogens (primary N) is 1. The first kappa shape index (κ1) is 18.0. The van der Waals surface area contributed by atoms with Gasteiger partial charge in [-0.25, -0.2) is 4.98 Å². The highest BCUT2D eigenvalue weighted by atomic mass is 32.1. The van der Waals surface area contributed by atoms with Crippen molar-refractivity contribution in [2.24, 2.45) is 0 Å². The van der Waals surface area contributed by atoms with E-state index >= 15 is 0 Å². The van der Waals surface area contributed by atoms with Crippen LogP contribution in [0.2, 0.25) is 0 Å². The molecule has 7 nitrogen and oxygen atoms in total. The average molecular weight is 393 g/mol. The predicted octanol–water partition coefficient (Wildman–Crippen LogP) is 4.05. The second-order valence-corrected chi connectivity index (χ2v) is 6.79. The number of anilines is 1. The van der Waals surface area contributed by atoms with Gasteiger partial charge in [0.15, 0.2) is 11.5 Å². The van der Waals surface area contributed by atoms with Crippen molar-refractivity contribution in [2.75, 3.05) is 19.5 Å². The van der Waals surface area contributed by atoms with Crippen molar-refractivity contribution < 1.29 is 9.47 Å². The first-order valence-corrected chi connectivity index (χ1v) is 9.62. The SMILES string of the molecule is CCOc1ccc(-n2nnc(-c3nc(-c4ccc(OC)cc4)cs3)c2N)cc1. The van der Waals surface area contributed by atoms with Crippen LogP contribution in [0.1, 0.15) is 6.92 Å². The van der Waals surface area contributed by atoms with Crippen molar-refractivity contribution in [3.8, 4) is 39.1 Å². The van der Waals surface area contributed by atoms with Gasteiger partial charge < -0.3 is 15.2 Å². The van der Waals surface area contributed by atoms with Gasteiger partial charge in [-0.05, 0) is 55.5 Å². The highest BCUT2D eigenvalue weighted by Gasteiger charge is 2.17. The maximum atomic E-state index is 6.31. The Hall–Kier alpha value is -3.39. The van der Waals surface area contributed by atoms with E-state index in [1.54, 1.807) is 11.8 Å². The molecule has 28 heavy (non-hydrogen) atoms. The Morgan fingerprint density at radius 1 is 1.04 bits per heavy atom. The molecule has 0 aliphatic carbocycles. The minimum absolute atomic E-state index is 0.444. The predicted molar refractivity (Wildman–Crippen MR) is 110 cm³/mol. The monoisotopic (exact) mass is 393 g/mol. The number of aromatic nitrogens is 4. The van der Waals surface area contributed by atoms with Crippen LogP contribution in [0.4, 0.5) is 5.82 Å². The normalized spacial score (nSPS) is 10.8. The molecule has 0 saturated carbocycles. The van der Waals surface area contributed by atoms with Gasteiger partial charge in [-0.15, -0.1) is 16.4 Å². The van der Waals surface area contributed by atoms with E-state index in [9.17, 15) is 0 Å². The fourth-order valence-corrected chi connectivity index (χ4v) is 3.58. The summed E-state index contributed by atoms with van der Waals surface area (Å²) in [6.45, 7) is 2.57. The lowest BCUT2D eigenvalue weighted by Crippen LogP contribution is -2.02. The Morgan fingerprint density at radius 3 is 2.43 bits per heavy atom. The number of benzene rings is 2. The van der Waals surface area contributed by atoms with Crippen molar-refractivity contribution in [3.63, 3.8) is 0 Å². The van der Waals surface area contributed by atoms with Gasteiger partial charge in [0, 0.05) is 10.9 Å². The number of hydrogen-bond donors (Lipinski definition) is 1. The number of hydrogen-bond acceptors (Lipinski definition) is 7. The minimum Gasteiger partial charge on any atom is -0.497 e. The van der Waals surface area contributed by atoms with Gasteiger partial charge >= 0.3 is 0 Å². The van der Waals surface area contributed by atoms with Crippen LogP contribution in [0, 0.1) is 0 Å². The third kappa shape index (κ3) is 3.41. The van der Waals surface area contributed by atoms with Gasteiger partial charge in [0.2, 0.25) is 0 Å². The summed E-state index contributed by atoms with van der Waals surface area (Å²) < 4.78 is 12.3. The third-order valence-corrected chi connectivity index (χ3v) is 5.04. The van der Waals surface area contributed by atoms with Crippen LogP contribution in [0.25, 0.3) is 27.6 Å². The second-order valence-electron chi connectivity index (χ2n) is 5.93. The third-order valence-electron chi connectivity index (χ3n) is 4.19. The average Bonchev–Trinajstić information content (AvgIpc) is 3.36. The van der Waals surface area contributed by atoms with Crippen LogP contribution < -0.4 is 15.2 Å². The highest BCUT2D eigenvalue weighted by Crippen LogP contribution is 2.32. The number of thiazole rings is 1. The van der Waals surface area contributed by atoms with E-state index in [4.69, 9.17) is 15.2 Å². The molecular formula is C20H19N5O2S. The van der Waals surface area contributed by atoms with Gasteiger partial charge in [0.25, 0.3) is 0 Å². The summed E-state index contributed by atoms with van der Waals surface area (Å²) in [6.07, 6.45) is 0. The van der Waals surface area contributed by atoms with Crippen molar-refractivity contribution >= 4 is 17.2 Å². The molecule has 4 aromatic rings. The van der Waals surface area contributed by atoms with Gasteiger partial charge in [0.1, 0.15) is 16.5 Å². The van der Waals surface area contributed by atoms with E-state index in [2.05, 4.69) is 15.3 Å². The summed E-state index contributed by atoms with van der Waals surface area (Å²) in [5.41, 5.74) is 9.55. The van der Waals surface area contributed by atoms with Crippen molar-refractivity contribution in [2.45, 2.75) is 6.92 Å². The van der Waals surface area contributed by atoms with E-state index in [0.29, 0.717) is 18.1 Å². The Morgan fingerprint density at radius 2 is 1.75 bits per heavy atom. The second kappa shape index (κ2) is 7.69. The first-order valence-electron chi connectivity index (χ1n) is 8.74. The fourth-order valence-electron chi connectivity index (χ4n) is 2.76. The lowest BCUT2D eigenvalue weighted by molar-refractivity contribution is 0.340. The molecule has 0 amide bonds. The zero-order valence-corrected chi connectivity index (χ0v) is 16.3. The van der Waals surface area contributed by atoms with Gasteiger partial charge in [-0.1, -0.05) is 5.21 Å². The lowest BCUT2D eigenvalue weighted by Gasteiger charge is -2.05. The number of nitrogen functional groups attached to an aromatic ring is 1. The molecule has 0 spiro atoms. The van der Waals surface area contributed by atoms with E-state index in [1.807, 2.05) is 60.8 Å².